The Morgan fingerprint density at radius 3 is 2.79 bits per heavy atom. The van der Waals surface area contributed by atoms with Gasteiger partial charge in [0.25, 0.3) is 0 Å². The van der Waals surface area contributed by atoms with E-state index in [1.165, 1.54) is 6.07 Å². The van der Waals surface area contributed by atoms with Crippen molar-refractivity contribution in [3.63, 3.8) is 0 Å². The molecule has 102 valence electrons. The van der Waals surface area contributed by atoms with Crippen molar-refractivity contribution < 1.29 is 18.3 Å². The number of nitrogens with one attached hydrogen (secondary N) is 1. The van der Waals surface area contributed by atoms with Crippen molar-refractivity contribution in [1.29, 1.82) is 5.41 Å². The Hall–Kier alpha value is -1.34. The predicted octanol–water partition coefficient (Wildman–Crippen LogP) is 2.68. The van der Waals surface area contributed by atoms with Crippen LogP contribution in [0.4, 0.5) is 13.2 Å². The molecule has 3 nitrogen and oxygen atoms in total. The molecule has 3 rings (SSSR count). The number of alkyl halides is 3. The molecule has 1 aliphatic heterocycles. The number of benzene rings is 1. The van der Waals surface area contributed by atoms with Crippen molar-refractivity contribution in [1.82, 2.24) is 4.57 Å². The van der Waals surface area contributed by atoms with Crippen LogP contribution in [0.15, 0.2) is 12.1 Å². The molecular formula is C12H11F3N2OS. The van der Waals surface area contributed by atoms with Crippen LogP contribution in [0, 0.1) is 5.41 Å². The van der Waals surface area contributed by atoms with Gasteiger partial charge in [0.15, 0.2) is 4.80 Å². The number of rotatable bonds is 1. The Morgan fingerprint density at radius 1 is 1.42 bits per heavy atom. The topological polar surface area (TPSA) is 49.0 Å². The highest BCUT2D eigenvalue weighted by atomic mass is 32.1. The number of aliphatic hydroxyl groups is 1. The number of hydrogen-bond donors (Lipinski definition) is 2. The molecule has 0 saturated carbocycles. The van der Waals surface area contributed by atoms with Gasteiger partial charge < -0.3 is 9.67 Å². The second-order valence-electron chi connectivity index (χ2n) is 4.63. The predicted molar refractivity (Wildman–Crippen MR) is 65.1 cm³/mol. The molecule has 2 aromatic rings. The van der Waals surface area contributed by atoms with Crippen molar-refractivity contribution in [2.75, 3.05) is 6.61 Å². The summed E-state index contributed by atoms with van der Waals surface area (Å²) in [7, 11) is 0. The SMILES string of the molecule is N=c1sc2cc(C(F)(F)F)cc3c2n1C(CO)CC3. The van der Waals surface area contributed by atoms with Crippen LogP contribution in [0.3, 0.4) is 0 Å². The molecule has 7 heteroatoms. The molecule has 2 heterocycles. The number of halogens is 3. The molecule has 0 radical (unpaired) electrons. The molecule has 2 N–H and O–H groups in total. The summed E-state index contributed by atoms with van der Waals surface area (Å²) in [5.41, 5.74) is 0.628. The Balaban J connectivity index is 2.33. The fourth-order valence-electron chi connectivity index (χ4n) is 2.60. The van der Waals surface area contributed by atoms with E-state index in [0.29, 0.717) is 28.6 Å². The van der Waals surface area contributed by atoms with Gasteiger partial charge in [0, 0.05) is 0 Å². The average Bonchev–Trinajstić information content (AvgIpc) is 2.67. The molecule has 1 atom stereocenters. The summed E-state index contributed by atoms with van der Waals surface area (Å²) in [6.07, 6.45) is -3.30. The lowest BCUT2D eigenvalue weighted by atomic mass is 9.97. The van der Waals surface area contributed by atoms with Crippen LogP contribution in [0.1, 0.15) is 23.6 Å². The van der Waals surface area contributed by atoms with Crippen molar-refractivity contribution in [3.05, 3.63) is 28.1 Å². The Labute approximate surface area is 110 Å². The summed E-state index contributed by atoms with van der Waals surface area (Å²) in [6, 6.07) is 2.06. The third kappa shape index (κ3) is 1.88. The number of aromatic nitrogens is 1. The van der Waals surface area contributed by atoms with Crippen LogP contribution < -0.4 is 4.80 Å². The molecule has 19 heavy (non-hydrogen) atoms. The Bertz CT molecular complexity index is 701. The highest BCUT2D eigenvalue weighted by molar-refractivity contribution is 7.16. The zero-order chi connectivity index (χ0) is 13.8. The minimum atomic E-state index is -4.37. The van der Waals surface area contributed by atoms with Crippen LogP contribution in [0.5, 0.6) is 0 Å². The van der Waals surface area contributed by atoms with E-state index in [4.69, 9.17) is 5.41 Å². The third-order valence-electron chi connectivity index (χ3n) is 3.47. The minimum Gasteiger partial charge on any atom is -0.394 e. The van der Waals surface area contributed by atoms with Gasteiger partial charge in [0.1, 0.15) is 0 Å². The molecule has 0 fully saturated rings. The summed E-state index contributed by atoms with van der Waals surface area (Å²) < 4.78 is 40.6. The van der Waals surface area contributed by atoms with Gasteiger partial charge >= 0.3 is 6.18 Å². The van der Waals surface area contributed by atoms with Crippen molar-refractivity contribution >= 4 is 21.6 Å². The van der Waals surface area contributed by atoms with Crippen LogP contribution >= 0.6 is 11.3 Å². The monoisotopic (exact) mass is 288 g/mol. The summed E-state index contributed by atoms with van der Waals surface area (Å²) in [6.45, 7) is -0.0944. The Morgan fingerprint density at radius 2 is 2.16 bits per heavy atom. The molecule has 0 aliphatic carbocycles. The average molecular weight is 288 g/mol. The van der Waals surface area contributed by atoms with Gasteiger partial charge in [-0.05, 0) is 30.5 Å². The molecule has 1 aromatic carbocycles. The van der Waals surface area contributed by atoms with Crippen LogP contribution in [0.2, 0.25) is 0 Å². The molecule has 0 saturated heterocycles. The maximum absolute atomic E-state index is 12.8. The third-order valence-corrected chi connectivity index (χ3v) is 4.39. The van der Waals surface area contributed by atoms with E-state index in [-0.39, 0.29) is 17.5 Å². The summed E-state index contributed by atoms with van der Waals surface area (Å²) in [5, 5.41) is 17.2. The molecule has 1 aromatic heterocycles. The minimum absolute atomic E-state index is 0.0944. The summed E-state index contributed by atoms with van der Waals surface area (Å²) in [5.74, 6) is 0. The largest absolute Gasteiger partial charge is 0.416 e. The highest BCUT2D eigenvalue weighted by Gasteiger charge is 2.33. The first-order chi connectivity index (χ1) is 8.91. The van der Waals surface area contributed by atoms with E-state index < -0.39 is 11.7 Å². The van der Waals surface area contributed by atoms with Gasteiger partial charge in [0.2, 0.25) is 0 Å². The van der Waals surface area contributed by atoms with E-state index >= 15 is 0 Å². The number of aryl methyl sites for hydroxylation is 1. The number of thiazole rings is 1. The van der Waals surface area contributed by atoms with E-state index in [0.717, 1.165) is 17.4 Å². The first kappa shape index (κ1) is 12.7. The van der Waals surface area contributed by atoms with Gasteiger partial charge in [-0.25, -0.2) is 0 Å². The Kier molecular flexibility index (Phi) is 2.72. The molecule has 0 bridgehead atoms. The summed E-state index contributed by atoms with van der Waals surface area (Å²) >= 11 is 1.03. The van der Waals surface area contributed by atoms with Crippen LogP contribution in [-0.4, -0.2) is 16.3 Å². The summed E-state index contributed by atoms with van der Waals surface area (Å²) in [4.78, 5) is 0.189. The maximum atomic E-state index is 12.8. The first-order valence-corrected chi connectivity index (χ1v) is 6.64. The van der Waals surface area contributed by atoms with Gasteiger partial charge in [-0.2, -0.15) is 13.2 Å². The molecule has 0 amide bonds. The van der Waals surface area contributed by atoms with Gasteiger partial charge in [-0.15, -0.1) is 0 Å². The standard InChI is InChI=1S/C12H11F3N2OS/c13-12(14,15)7-3-6-1-2-8(5-18)17-10(6)9(4-7)19-11(17)16/h3-4,8,16,18H,1-2,5H2. The van der Waals surface area contributed by atoms with Crippen LogP contribution in [-0.2, 0) is 12.6 Å². The number of aliphatic hydroxyl groups excluding tert-OH is 1. The lowest BCUT2D eigenvalue weighted by Crippen LogP contribution is -2.26. The first-order valence-electron chi connectivity index (χ1n) is 5.82. The van der Waals surface area contributed by atoms with Gasteiger partial charge in [-0.3, -0.25) is 5.41 Å². The lowest BCUT2D eigenvalue weighted by Gasteiger charge is -2.24. The molecule has 1 aliphatic rings. The lowest BCUT2D eigenvalue weighted by molar-refractivity contribution is -0.137. The normalized spacial score (nSPS) is 19.1. The van der Waals surface area contributed by atoms with Gasteiger partial charge in [0.05, 0.1) is 28.4 Å². The van der Waals surface area contributed by atoms with E-state index in [1.807, 2.05) is 0 Å². The van der Waals surface area contributed by atoms with Crippen molar-refractivity contribution in [2.24, 2.45) is 0 Å². The molecular weight excluding hydrogens is 277 g/mol. The second-order valence-corrected chi connectivity index (χ2v) is 5.66. The number of hydrogen-bond acceptors (Lipinski definition) is 3. The van der Waals surface area contributed by atoms with Crippen molar-refractivity contribution in [2.45, 2.75) is 25.1 Å². The van der Waals surface area contributed by atoms with E-state index in [2.05, 4.69) is 0 Å². The fourth-order valence-corrected chi connectivity index (χ4v) is 3.66. The highest BCUT2D eigenvalue weighted by Crippen LogP contribution is 2.37. The smallest absolute Gasteiger partial charge is 0.394 e. The second kappa shape index (κ2) is 4.08. The van der Waals surface area contributed by atoms with Crippen LogP contribution in [0.25, 0.3) is 10.2 Å². The van der Waals surface area contributed by atoms with Gasteiger partial charge in [-0.1, -0.05) is 11.3 Å². The van der Waals surface area contributed by atoms with E-state index in [1.54, 1.807) is 4.57 Å². The maximum Gasteiger partial charge on any atom is 0.416 e. The van der Waals surface area contributed by atoms with E-state index in [9.17, 15) is 18.3 Å². The quantitative estimate of drug-likeness (QED) is 0.832. The molecule has 0 spiro atoms. The van der Waals surface area contributed by atoms with Crippen molar-refractivity contribution in [3.8, 4) is 0 Å². The zero-order valence-corrected chi connectivity index (χ0v) is 10.6. The molecule has 1 unspecified atom stereocenters. The fraction of sp³-hybridized carbons (Fsp3) is 0.417. The zero-order valence-electron chi connectivity index (χ0n) is 9.79. The number of nitrogens with zero attached hydrogens (tertiary/aromatic N) is 1.